The highest BCUT2D eigenvalue weighted by Crippen LogP contribution is 2.17. The molecule has 0 aliphatic carbocycles. The molecule has 1 saturated heterocycles. The van der Waals surface area contributed by atoms with Gasteiger partial charge in [0.1, 0.15) is 0 Å². The summed E-state index contributed by atoms with van der Waals surface area (Å²) in [5.41, 5.74) is 0.747. The number of methoxy groups -OCH3 is 1. The van der Waals surface area contributed by atoms with Gasteiger partial charge < -0.3 is 9.64 Å². The molecule has 1 aliphatic heterocycles. The standard InChI is InChI=1S/C15H20ClNO2/c1-19-11-12-6-8-17(10-12)9-7-15(18)13-2-4-14(16)5-3-13/h2-5,12H,6-11H2,1H3. The number of carbonyl (C=O) groups is 1. The number of likely N-dealkylation sites (tertiary alicyclic amines) is 1. The van der Waals surface area contributed by atoms with Crippen LogP contribution in [0, 0.1) is 5.92 Å². The van der Waals surface area contributed by atoms with Crippen molar-refractivity contribution in [2.45, 2.75) is 12.8 Å². The summed E-state index contributed by atoms with van der Waals surface area (Å²) >= 11 is 5.81. The van der Waals surface area contributed by atoms with Gasteiger partial charge in [0, 0.05) is 37.2 Å². The Morgan fingerprint density at radius 2 is 2.16 bits per heavy atom. The first-order chi connectivity index (χ1) is 9.19. The van der Waals surface area contributed by atoms with Gasteiger partial charge in [-0.25, -0.2) is 0 Å². The third-order valence-corrected chi connectivity index (χ3v) is 3.85. The van der Waals surface area contributed by atoms with Crippen LogP contribution in [-0.2, 0) is 4.74 Å². The lowest BCUT2D eigenvalue weighted by molar-refractivity contribution is 0.0966. The summed E-state index contributed by atoms with van der Waals surface area (Å²) in [6.07, 6.45) is 1.74. The Morgan fingerprint density at radius 1 is 1.42 bits per heavy atom. The Balaban J connectivity index is 1.76. The van der Waals surface area contributed by atoms with Crippen LogP contribution in [-0.4, -0.2) is 44.0 Å². The van der Waals surface area contributed by atoms with Crippen molar-refractivity contribution < 1.29 is 9.53 Å². The van der Waals surface area contributed by atoms with Crippen molar-refractivity contribution in [2.75, 3.05) is 33.4 Å². The van der Waals surface area contributed by atoms with Crippen LogP contribution < -0.4 is 0 Å². The zero-order chi connectivity index (χ0) is 13.7. The molecule has 1 fully saturated rings. The molecule has 2 rings (SSSR count). The molecular formula is C15H20ClNO2. The molecule has 0 radical (unpaired) electrons. The van der Waals surface area contributed by atoms with Gasteiger partial charge in [0.05, 0.1) is 6.61 Å². The van der Waals surface area contributed by atoms with E-state index >= 15 is 0 Å². The second-order valence-corrected chi connectivity index (χ2v) is 5.53. The van der Waals surface area contributed by atoms with Crippen LogP contribution in [0.15, 0.2) is 24.3 Å². The molecule has 19 heavy (non-hydrogen) atoms. The zero-order valence-corrected chi connectivity index (χ0v) is 12.0. The van der Waals surface area contributed by atoms with Crippen molar-refractivity contribution in [3.63, 3.8) is 0 Å². The molecule has 1 atom stereocenters. The van der Waals surface area contributed by atoms with E-state index in [1.54, 1.807) is 31.4 Å². The molecule has 0 aromatic heterocycles. The van der Waals surface area contributed by atoms with Gasteiger partial charge in [-0.05, 0) is 43.1 Å². The molecule has 4 heteroatoms. The predicted octanol–water partition coefficient (Wildman–Crippen LogP) is 2.88. The second-order valence-electron chi connectivity index (χ2n) is 5.09. The maximum atomic E-state index is 12.0. The third kappa shape index (κ3) is 4.30. The number of Topliss-reactive ketones (excluding diaryl/α,β-unsaturated/α-hetero) is 1. The fourth-order valence-corrected chi connectivity index (χ4v) is 2.65. The molecule has 1 aromatic rings. The number of nitrogens with zero attached hydrogens (tertiary/aromatic N) is 1. The molecule has 0 spiro atoms. The fourth-order valence-electron chi connectivity index (χ4n) is 2.53. The van der Waals surface area contributed by atoms with E-state index < -0.39 is 0 Å². The van der Waals surface area contributed by atoms with E-state index in [0.29, 0.717) is 17.4 Å². The van der Waals surface area contributed by atoms with Gasteiger partial charge >= 0.3 is 0 Å². The molecule has 0 saturated carbocycles. The normalized spacial score (nSPS) is 19.8. The highest BCUT2D eigenvalue weighted by atomic mass is 35.5. The van der Waals surface area contributed by atoms with Gasteiger partial charge in [0.25, 0.3) is 0 Å². The van der Waals surface area contributed by atoms with E-state index in [9.17, 15) is 4.79 Å². The van der Waals surface area contributed by atoms with Gasteiger partial charge in [-0.2, -0.15) is 0 Å². The number of hydrogen-bond acceptors (Lipinski definition) is 3. The average molecular weight is 282 g/mol. The molecule has 3 nitrogen and oxygen atoms in total. The van der Waals surface area contributed by atoms with Gasteiger partial charge in [-0.1, -0.05) is 11.6 Å². The second kappa shape index (κ2) is 7.04. The lowest BCUT2D eigenvalue weighted by Crippen LogP contribution is -2.24. The molecule has 0 N–H and O–H groups in total. The highest BCUT2D eigenvalue weighted by molar-refractivity contribution is 6.30. The largest absolute Gasteiger partial charge is 0.384 e. The summed E-state index contributed by atoms with van der Waals surface area (Å²) in [6.45, 7) is 3.77. The van der Waals surface area contributed by atoms with Crippen LogP contribution >= 0.6 is 11.6 Å². The van der Waals surface area contributed by atoms with Gasteiger partial charge in [-0.15, -0.1) is 0 Å². The number of carbonyl (C=O) groups excluding carboxylic acids is 1. The van der Waals surface area contributed by atoms with E-state index in [-0.39, 0.29) is 5.78 Å². The molecule has 104 valence electrons. The smallest absolute Gasteiger partial charge is 0.164 e. The predicted molar refractivity (Wildman–Crippen MR) is 76.8 cm³/mol. The Bertz CT molecular complexity index is 419. The summed E-state index contributed by atoms with van der Waals surface area (Å²) in [5.74, 6) is 0.808. The van der Waals surface area contributed by atoms with E-state index in [1.165, 1.54) is 6.42 Å². The van der Waals surface area contributed by atoms with Crippen molar-refractivity contribution in [2.24, 2.45) is 5.92 Å². The van der Waals surface area contributed by atoms with Gasteiger partial charge in [0.2, 0.25) is 0 Å². The van der Waals surface area contributed by atoms with E-state index in [0.717, 1.165) is 31.8 Å². The van der Waals surface area contributed by atoms with Gasteiger partial charge in [0.15, 0.2) is 5.78 Å². The van der Waals surface area contributed by atoms with Crippen LogP contribution in [0.3, 0.4) is 0 Å². The number of rotatable bonds is 6. The first-order valence-electron chi connectivity index (χ1n) is 6.69. The lowest BCUT2D eigenvalue weighted by Gasteiger charge is -2.15. The quantitative estimate of drug-likeness (QED) is 0.751. The number of ketones is 1. The molecular weight excluding hydrogens is 262 g/mol. The molecule has 1 unspecified atom stereocenters. The summed E-state index contributed by atoms with van der Waals surface area (Å²) in [6, 6.07) is 7.11. The Kier molecular flexibility index (Phi) is 5.37. The topological polar surface area (TPSA) is 29.5 Å². The number of halogens is 1. The number of hydrogen-bond donors (Lipinski definition) is 0. The molecule has 0 amide bonds. The first kappa shape index (κ1) is 14.5. The number of benzene rings is 1. The van der Waals surface area contributed by atoms with Crippen molar-refractivity contribution in [3.05, 3.63) is 34.9 Å². The molecule has 1 aromatic carbocycles. The van der Waals surface area contributed by atoms with Crippen molar-refractivity contribution in [3.8, 4) is 0 Å². The van der Waals surface area contributed by atoms with Gasteiger partial charge in [-0.3, -0.25) is 4.79 Å². The monoisotopic (exact) mass is 281 g/mol. The third-order valence-electron chi connectivity index (χ3n) is 3.59. The van der Waals surface area contributed by atoms with Crippen LogP contribution in [0.4, 0.5) is 0 Å². The Hall–Kier alpha value is -0.900. The molecule has 1 aliphatic rings. The zero-order valence-electron chi connectivity index (χ0n) is 11.3. The van der Waals surface area contributed by atoms with E-state index in [2.05, 4.69) is 4.90 Å². The number of ether oxygens (including phenoxy) is 1. The van der Waals surface area contributed by atoms with Crippen molar-refractivity contribution >= 4 is 17.4 Å². The minimum Gasteiger partial charge on any atom is -0.384 e. The Morgan fingerprint density at radius 3 is 2.84 bits per heavy atom. The van der Waals surface area contributed by atoms with Crippen molar-refractivity contribution in [1.82, 2.24) is 4.90 Å². The van der Waals surface area contributed by atoms with Crippen molar-refractivity contribution in [1.29, 1.82) is 0 Å². The van der Waals surface area contributed by atoms with Crippen LogP contribution in [0.5, 0.6) is 0 Å². The summed E-state index contributed by atoms with van der Waals surface area (Å²) in [5, 5.41) is 0.665. The van der Waals surface area contributed by atoms with Crippen LogP contribution in [0.2, 0.25) is 5.02 Å². The molecule has 1 heterocycles. The highest BCUT2D eigenvalue weighted by Gasteiger charge is 2.22. The maximum absolute atomic E-state index is 12.0. The summed E-state index contributed by atoms with van der Waals surface area (Å²) in [4.78, 5) is 14.4. The Labute approximate surface area is 119 Å². The van der Waals surface area contributed by atoms with E-state index in [1.807, 2.05) is 0 Å². The van der Waals surface area contributed by atoms with E-state index in [4.69, 9.17) is 16.3 Å². The fraction of sp³-hybridized carbons (Fsp3) is 0.533. The minimum atomic E-state index is 0.187. The summed E-state index contributed by atoms with van der Waals surface area (Å²) in [7, 11) is 1.74. The SMILES string of the molecule is COCC1CCN(CCC(=O)c2ccc(Cl)cc2)C1. The molecule has 0 bridgehead atoms. The summed E-state index contributed by atoms with van der Waals surface area (Å²) < 4.78 is 5.17. The van der Waals surface area contributed by atoms with Crippen LogP contribution in [0.1, 0.15) is 23.2 Å². The first-order valence-corrected chi connectivity index (χ1v) is 7.07. The maximum Gasteiger partial charge on any atom is 0.164 e. The van der Waals surface area contributed by atoms with Crippen LogP contribution in [0.25, 0.3) is 0 Å². The lowest BCUT2D eigenvalue weighted by atomic mass is 10.1. The minimum absolute atomic E-state index is 0.187. The average Bonchev–Trinajstić information content (AvgIpc) is 2.85.